The first kappa shape index (κ1) is 9.64. The van der Waals surface area contributed by atoms with Gasteiger partial charge in [0.25, 0.3) is 0 Å². The van der Waals surface area contributed by atoms with Crippen molar-refractivity contribution in [2.75, 3.05) is 0 Å². The summed E-state index contributed by atoms with van der Waals surface area (Å²) in [6.45, 7) is 2.90. The third-order valence-electron chi connectivity index (χ3n) is 0. The number of hydrogen-bond donors (Lipinski definition) is 4. The fourth-order valence-corrected chi connectivity index (χ4v) is 0. The Bertz CT molecular complexity index is 55.2. The van der Waals surface area contributed by atoms with Crippen LogP contribution in [0.15, 0.2) is 6.58 Å². The molecule has 0 aromatic carbocycles. The molecule has 0 aromatic rings. The molecule has 0 saturated heterocycles. The Labute approximate surface area is 41.4 Å². The van der Waals surface area contributed by atoms with E-state index in [1.165, 1.54) is 0 Å². The first-order valence-electron chi connectivity index (χ1n) is 1.38. The Morgan fingerprint density at radius 2 is 1.43 bits per heavy atom. The largest absolute Gasteiger partial charge is 0.631 e. The fraction of sp³-hybridized carbons (Fsp3) is 0. The summed E-state index contributed by atoms with van der Waals surface area (Å²) in [7, 11) is -2.17. The van der Waals surface area contributed by atoms with Crippen molar-refractivity contribution >= 4 is 13.2 Å². The molecule has 0 amide bonds. The van der Waals surface area contributed by atoms with Gasteiger partial charge in [0, 0.05) is 0 Å². The van der Waals surface area contributed by atoms with Crippen LogP contribution in [0.25, 0.3) is 0 Å². The van der Waals surface area contributed by atoms with Gasteiger partial charge in [0.1, 0.15) is 0 Å². The normalized spacial score (nSPS) is 5.00. The van der Waals surface area contributed by atoms with E-state index >= 15 is 0 Å². The molecule has 0 aromatic heterocycles. The van der Waals surface area contributed by atoms with E-state index in [1.54, 1.807) is 5.87 Å². The van der Waals surface area contributed by atoms with Crippen molar-refractivity contribution in [2.24, 2.45) is 0 Å². The van der Waals surface area contributed by atoms with Gasteiger partial charge in [0.05, 0.1) is 0 Å². The van der Waals surface area contributed by atoms with Crippen LogP contribution in [0.5, 0.6) is 0 Å². The summed E-state index contributed by atoms with van der Waals surface area (Å²) in [5.41, 5.74) is 0. The van der Waals surface area contributed by atoms with E-state index in [1.807, 2.05) is 0 Å². The monoisotopic (exact) mass is 103 g/mol. The summed E-state index contributed by atoms with van der Waals surface area (Å²) in [5, 5.41) is 27.3. The first-order chi connectivity index (χ1) is 3.15. The van der Waals surface area contributed by atoms with Crippen molar-refractivity contribution in [1.29, 1.82) is 5.41 Å². The summed E-state index contributed by atoms with van der Waals surface area (Å²) in [6.07, 6.45) is 0. The van der Waals surface area contributed by atoms with Crippen LogP contribution in [0.3, 0.4) is 0 Å². The van der Waals surface area contributed by atoms with E-state index in [-0.39, 0.29) is 0 Å². The maximum absolute atomic E-state index is 7.17. The Morgan fingerprint density at radius 1 is 1.43 bits per heavy atom. The van der Waals surface area contributed by atoms with Crippen molar-refractivity contribution in [3.05, 3.63) is 6.58 Å². The third kappa shape index (κ3) is 170. The van der Waals surface area contributed by atoms with E-state index in [0.717, 1.165) is 0 Å². The highest BCUT2D eigenvalue weighted by molar-refractivity contribution is 6.30. The third-order valence-corrected chi connectivity index (χ3v) is 0. The molecule has 0 rings (SSSR count). The lowest BCUT2D eigenvalue weighted by Gasteiger charge is -1.69. The Hall–Kier alpha value is -0.605. The van der Waals surface area contributed by atoms with Gasteiger partial charge < -0.3 is 15.1 Å². The molecular formula is C2H6BNO3. The molecule has 4 nitrogen and oxygen atoms in total. The van der Waals surface area contributed by atoms with E-state index in [4.69, 9.17) is 20.5 Å². The second-order valence-corrected chi connectivity index (χ2v) is 0.523. The highest BCUT2D eigenvalue weighted by atomic mass is 16.5. The summed E-state index contributed by atoms with van der Waals surface area (Å²) >= 11 is 0. The predicted octanol–water partition coefficient (Wildman–Crippen LogP) is -1.63. The molecule has 40 valence electrons. The van der Waals surface area contributed by atoms with Gasteiger partial charge in [-0.25, -0.2) is 0 Å². The standard InChI is InChI=1S/C2H3N.BH3O3/c1-2-3;2-1(3)4/h3H,1H2;2-4H. The first-order valence-corrected chi connectivity index (χ1v) is 1.38. The van der Waals surface area contributed by atoms with Gasteiger partial charge in [-0.05, 0) is 12.4 Å². The van der Waals surface area contributed by atoms with Crippen molar-refractivity contribution in [2.45, 2.75) is 0 Å². The van der Waals surface area contributed by atoms with Crippen LogP contribution in [0.4, 0.5) is 0 Å². The average Bonchev–Trinajstić information content (AvgIpc) is 1.33. The summed E-state index contributed by atoms with van der Waals surface area (Å²) < 4.78 is 0. The van der Waals surface area contributed by atoms with Crippen LogP contribution in [0.1, 0.15) is 0 Å². The van der Waals surface area contributed by atoms with Gasteiger partial charge in [-0.15, -0.1) is 0 Å². The second kappa shape index (κ2) is 9.04. The van der Waals surface area contributed by atoms with Gasteiger partial charge in [0.2, 0.25) is 0 Å². The van der Waals surface area contributed by atoms with E-state index in [2.05, 4.69) is 6.58 Å². The topological polar surface area (TPSA) is 84.5 Å². The smallest absolute Gasteiger partial charge is 0.402 e. The molecule has 0 aliphatic carbocycles. The Kier molecular flexibility index (Phi) is 12.4. The fourth-order valence-electron chi connectivity index (χ4n) is 0. The predicted molar refractivity (Wildman–Crippen MR) is 25.8 cm³/mol. The van der Waals surface area contributed by atoms with Gasteiger partial charge in [-0.3, -0.25) is 5.41 Å². The zero-order valence-corrected chi connectivity index (χ0v) is 3.63. The molecule has 0 atom stereocenters. The van der Waals surface area contributed by atoms with Crippen LogP contribution in [-0.2, 0) is 0 Å². The highest BCUT2D eigenvalue weighted by Gasteiger charge is 1.92. The number of nitrogens with one attached hydrogen (secondary N) is 1. The summed E-state index contributed by atoms with van der Waals surface area (Å²) in [4.78, 5) is 0. The van der Waals surface area contributed by atoms with E-state index in [9.17, 15) is 0 Å². The van der Waals surface area contributed by atoms with Crippen LogP contribution in [0.2, 0.25) is 0 Å². The maximum atomic E-state index is 7.17. The zero-order chi connectivity index (χ0) is 6.28. The van der Waals surface area contributed by atoms with Crippen LogP contribution < -0.4 is 0 Å². The van der Waals surface area contributed by atoms with Gasteiger partial charge in [-0.1, -0.05) is 0 Å². The zero-order valence-electron chi connectivity index (χ0n) is 3.63. The lowest BCUT2D eigenvalue weighted by Crippen LogP contribution is -2.07. The second-order valence-electron chi connectivity index (χ2n) is 0.523. The van der Waals surface area contributed by atoms with Crippen molar-refractivity contribution in [3.63, 3.8) is 0 Å². The molecule has 0 spiro atoms. The van der Waals surface area contributed by atoms with Crippen molar-refractivity contribution in [3.8, 4) is 0 Å². The molecule has 0 fully saturated rings. The molecule has 0 saturated carbocycles. The summed E-state index contributed by atoms with van der Waals surface area (Å²) in [6, 6.07) is 0. The Morgan fingerprint density at radius 3 is 1.43 bits per heavy atom. The lowest BCUT2D eigenvalue weighted by atomic mass is 10.3. The van der Waals surface area contributed by atoms with Crippen molar-refractivity contribution in [1.82, 2.24) is 0 Å². The molecule has 0 radical (unpaired) electrons. The van der Waals surface area contributed by atoms with Crippen LogP contribution in [0, 0.1) is 5.41 Å². The molecule has 0 unspecified atom stereocenters. The van der Waals surface area contributed by atoms with E-state index < -0.39 is 7.32 Å². The van der Waals surface area contributed by atoms with Crippen LogP contribution in [-0.4, -0.2) is 28.3 Å². The SMILES string of the molecule is C=C=N.OB(O)O. The number of hydrogen-bond acceptors (Lipinski definition) is 4. The maximum Gasteiger partial charge on any atom is 0.631 e. The molecule has 4 N–H and O–H groups in total. The lowest BCUT2D eigenvalue weighted by molar-refractivity contribution is 0.278. The van der Waals surface area contributed by atoms with Crippen LogP contribution >= 0.6 is 0 Å². The van der Waals surface area contributed by atoms with Gasteiger partial charge in [-0.2, -0.15) is 0 Å². The minimum Gasteiger partial charge on any atom is -0.402 e. The minimum absolute atomic E-state index is 1.75. The molecule has 0 aliphatic rings. The minimum atomic E-state index is -2.17. The average molecular weight is 103 g/mol. The molecule has 0 bridgehead atoms. The molecular weight excluding hydrogens is 96.8 g/mol. The van der Waals surface area contributed by atoms with Crippen molar-refractivity contribution < 1.29 is 15.1 Å². The molecule has 7 heavy (non-hydrogen) atoms. The summed E-state index contributed by atoms with van der Waals surface area (Å²) in [5.74, 6) is 1.75. The number of rotatable bonds is 0. The molecule has 0 aliphatic heterocycles. The highest BCUT2D eigenvalue weighted by Crippen LogP contribution is 1.40. The van der Waals surface area contributed by atoms with E-state index in [0.29, 0.717) is 0 Å². The van der Waals surface area contributed by atoms with Gasteiger partial charge >= 0.3 is 7.32 Å². The Balaban J connectivity index is 0. The quantitative estimate of drug-likeness (QED) is 0.219. The van der Waals surface area contributed by atoms with Gasteiger partial charge in [0.15, 0.2) is 0 Å². The molecule has 0 heterocycles. The molecule has 5 heteroatoms.